The molecule has 1 heterocycles. The molecule has 1 aliphatic heterocycles. The molecular weight excluding hydrogens is 460 g/mol. The highest BCUT2D eigenvalue weighted by atomic mass is 16.5. The van der Waals surface area contributed by atoms with Gasteiger partial charge in [-0.15, -0.1) is 0 Å². The van der Waals surface area contributed by atoms with Crippen molar-refractivity contribution in [2.24, 2.45) is 0 Å². The van der Waals surface area contributed by atoms with Crippen LogP contribution in [0.15, 0.2) is 42.0 Å². The largest absolute Gasteiger partial charge is 0.508 e. The predicted octanol–water partition coefficient (Wildman–Crippen LogP) is 6.19. The SMILES string of the molecule is C/C(=C\CCC(C)(C)OCN1C(=O)c2cccc(O)c2Nc2c(O)cc(O)cc21)CCOC(C)(C)C. The molecule has 8 heteroatoms. The number of anilines is 3. The zero-order valence-corrected chi connectivity index (χ0v) is 22.0. The molecule has 0 bridgehead atoms. The molecule has 196 valence electrons. The first-order valence-electron chi connectivity index (χ1n) is 12.2. The fraction of sp³-hybridized carbons (Fsp3) is 0.464. The van der Waals surface area contributed by atoms with Crippen LogP contribution >= 0.6 is 0 Å². The lowest BCUT2D eigenvalue weighted by atomic mass is 10.0. The van der Waals surface area contributed by atoms with Crippen molar-refractivity contribution in [2.45, 2.75) is 72.0 Å². The molecule has 0 atom stereocenters. The van der Waals surface area contributed by atoms with Gasteiger partial charge in [0.2, 0.25) is 0 Å². The zero-order valence-electron chi connectivity index (χ0n) is 22.0. The predicted molar refractivity (Wildman–Crippen MR) is 141 cm³/mol. The smallest absolute Gasteiger partial charge is 0.262 e. The summed E-state index contributed by atoms with van der Waals surface area (Å²) in [5, 5.41) is 33.9. The molecule has 0 aromatic heterocycles. The Labute approximate surface area is 213 Å². The van der Waals surface area contributed by atoms with Crippen molar-refractivity contribution in [1.29, 1.82) is 0 Å². The minimum absolute atomic E-state index is 0.110. The normalized spacial score (nSPS) is 14.2. The number of fused-ring (bicyclic) bond motifs is 2. The molecule has 1 amide bonds. The molecule has 8 nitrogen and oxygen atoms in total. The molecule has 0 unspecified atom stereocenters. The van der Waals surface area contributed by atoms with E-state index in [0.717, 1.165) is 19.3 Å². The number of allylic oxidation sites excluding steroid dienone is 1. The quantitative estimate of drug-likeness (QED) is 0.185. The number of aromatic hydroxyl groups is 3. The molecule has 4 N–H and O–H groups in total. The number of amides is 1. The molecule has 0 spiro atoms. The third kappa shape index (κ3) is 6.92. The monoisotopic (exact) mass is 498 g/mol. The van der Waals surface area contributed by atoms with E-state index in [1.807, 2.05) is 34.6 Å². The number of benzene rings is 2. The van der Waals surface area contributed by atoms with Gasteiger partial charge in [0.25, 0.3) is 5.91 Å². The number of carbonyl (C=O) groups is 1. The second-order valence-electron chi connectivity index (χ2n) is 10.8. The van der Waals surface area contributed by atoms with E-state index in [1.165, 1.54) is 28.7 Å². The first-order valence-corrected chi connectivity index (χ1v) is 12.2. The number of para-hydroxylation sites is 1. The van der Waals surface area contributed by atoms with Gasteiger partial charge in [0.15, 0.2) is 0 Å². The summed E-state index contributed by atoms with van der Waals surface area (Å²) in [6, 6.07) is 7.17. The van der Waals surface area contributed by atoms with Crippen LogP contribution in [0, 0.1) is 0 Å². The summed E-state index contributed by atoms with van der Waals surface area (Å²) in [6.45, 7) is 12.7. The first-order chi connectivity index (χ1) is 16.8. The molecule has 0 saturated heterocycles. The van der Waals surface area contributed by atoms with Crippen LogP contribution in [0.25, 0.3) is 0 Å². The van der Waals surface area contributed by atoms with Crippen molar-refractivity contribution >= 4 is 23.0 Å². The van der Waals surface area contributed by atoms with Crippen LogP contribution in [0.5, 0.6) is 17.2 Å². The van der Waals surface area contributed by atoms with Crippen molar-refractivity contribution in [3.63, 3.8) is 0 Å². The minimum Gasteiger partial charge on any atom is -0.508 e. The lowest BCUT2D eigenvalue weighted by Gasteiger charge is -2.30. The molecule has 0 saturated carbocycles. The van der Waals surface area contributed by atoms with Gasteiger partial charge in [0.1, 0.15) is 29.7 Å². The molecule has 0 aliphatic carbocycles. The number of carbonyl (C=O) groups excluding carboxylic acids is 1. The maximum Gasteiger partial charge on any atom is 0.262 e. The van der Waals surface area contributed by atoms with Crippen LogP contribution in [0.3, 0.4) is 0 Å². The fourth-order valence-electron chi connectivity index (χ4n) is 3.89. The number of nitrogens with one attached hydrogen (secondary N) is 1. The number of hydrogen-bond acceptors (Lipinski definition) is 7. The van der Waals surface area contributed by atoms with Crippen molar-refractivity contribution in [2.75, 3.05) is 23.6 Å². The Bertz CT molecular complexity index is 1130. The van der Waals surface area contributed by atoms with Crippen LogP contribution < -0.4 is 10.2 Å². The van der Waals surface area contributed by atoms with Gasteiger partial charge in [-0.1, -0.05) is 17.7 Å². The Morgan fingerprint density at radius 3 is 2.44 bits per heavy atom. The number of hydrogen-bond donors (Lipinski definition) is 4. The molecule has 3 rings (SSSR count). The third-order valence-electron chi connectivity index (χ3n) is 6.00. The Hall–Kier alpha value is -3.23. The summed E-state index contributed by atoms with van der Waals surface area (Å²) in [6.07, 6.45) is 4.57. The van der Waals surface area contributed by atoms with Gasteiger partial charge in [0.05, 0.1) is 34.7 Å². The summed E-state index contributed by atoms with van der Waals surface area (Å²) >= 11 is 0. The number of ether oxygens (including phenoxy) is 2. The van der Waals surface area contributed by atoms with Crippen molar-refractivity contribution in [1.82, 2.24) is 0 Å². The zero-order chi connectivity index (χ0) is 26.7. The molecule has 2 aromatic rings. The van der Waals surface area contributed by atoms with E-state index >= 15 is 0 Å². The van der Waals surface area contributed by atoms with Gasteiger partial charge in [0, 0.05) is 12.1 Å². The highest BCUT2D eigenvalue weighted by Gasteiger charge is 2.32. The standard InChI is InChI=1S/C28H38N2O6/c1-18(12-14-35-27(2,3)4)9-8-13-28(5,6)36-17-30-21-15-19(31)16-23(33)25(21)29-24-20(26(30)34)10-7-11-22(24)32/h7,9-11,15-16,29,31-33H,8,12-14,17H2,1-6H3/b18-9+. The topological polar surface area (TPSA) is 111 Å². The molecule has 36 heavy (non-hydrogen) atoms. The number of phenolic OH excluding ortho intramolecular Hbond substituents is 3. The summed E-state index contributed by atoms with van der Waals surface area (Å²) in [5.41, 5.74) is 1.39. The lowest BCUT2D eigenvalue weighted by Crippen LogP contribution is -2.37. The van der Waals surface area contributed by atoms with E-state index in [0.29, 0.717) is 6.61 Å². The van der Waals surface area contributed by atoms with E-state index in [2.05, 4.69) is 18.3 Å². The van der Waals surface area contributed by atoms with Crippen LogP contribution in [-0.2, 0) is 9.47 Å². The van der Waals surface area contributed by atoms with Gasteiger partial charge in [-0.25, -0.2) is 0 Å². The van der Waals surface area contributed by atoms with Gasteiger partial charge in [-0.05, 0) is 72.9 Å². The van der Waals surface area contributed by atoms with Gasteiger partial charge < -0.3 is 30.1 Å². The van der Waals surface area contributed by atoms with Crippen LogP contribution in [0.1, 0.15) is 71.2 Å². The molecule has 0 radical (unpaired) electrons. The second kappa shape index (κ2) is 10.8. The Morgan fingerprint density at radius 2 is 1.75 bits per heavy atom. The summed E-state index contributed by atoms with van der Waals surface area (Å²) in [7, 11) is 0. The number of rotatable bonds is 9. The van der Waals surface area contributed by atoms with Gasteiger partial charge >= 0.3 is 0 Å². The van der Waals surface area contributed by atoms with Crippen LogP contribution in [0.4, 0.5) is 17.1 Å². The van der Waals surface area contributed by atoms with E-state index in [4.69, 9.17) is 9.47 Å². The van der Waals surface area contributed by atoms with Crippen molar-refractivity contribution in [3.8, 4) is 17.2 Å². The first kappa shape index (κ1) is 27.4. The van der Waals surface area contributed by atoms with E-state index in [-0.39, 0.29) is 52.2 Å². The van der Waals surface area contributed by atoms with Crippen molar-refractivity contribution in [3.05, 3.63) is 47.5 Å². The average Bonchev–Trinajstić information content (AvgIpc) is 2.87. The molecule has 1 aliphatic rings. The lowest BCUT2D eigenvalue weighted by molar-refractivity contribution is -0.0208. The number of phenols is 3. The Balaban J connectivity index is 1.73. The molecule has 0 fully saturated rings. The van der Waals surface area contributed by atoms with Crippen LogP contribution in [0.2, 0.25) is 0 Å². The highest BCUT2D eigenvalue weighted by molar-refractivity contribution is 6.15. The minimum atomic E-state index is -0.556. The van der Waals surface area contributed by atoms with Crippen LogP contribution in [-0.4, -0.2) is 45.8 Å². The fourth-order valence-corrected chi connectivity index (χ4v) is 3.89. The van der Waals surface area contributed by atoms with Gasteiger partial charge in [-0.2, -0.15) is 0 Å². The highest BCUT2D eigenvalue weighted by Crippen LogP contribution is 2.45. The average molecular weight is 499 g/mol. The van der Waals surface area contributed by atoms with E-state index < -0.39 is 11.5 Å². The number of nitrogens with zero attached hydrogens (tertiary/aromatic N) is 1. The second-order valence-corrected chi connectivity index (χ2v) is 10.8. The summed E-state index contributed by atoms with van der Waals surface area (Å²) in [4.78, 5) is 14.8. The van der Waals surface area contributed by atoms with Crippen molar-refractivity contribution < 1.29 is 29.6 Å². The van der Waals surface area contributed by atoms with E-state index in [1.54, 1.807) is 12.1 Å². The Morgan fingerprint density at radius 1 is 1.03 bits per heavy atom. The molecular formula is C28H38N2O6. The maximum absolute atomic E-state index is 13.5. The summed E-state index contributed by atoms with van der Waals surface area (Å²) in [5.74, 6) is -1.01. The Kier molecular flexibility index (Phi) is 8.21. The molecule has 2 aromatic carbocycles. The maximum atomic E-state index is 13.5. The summed E-state index contributed by atoms with van der Waals surface area (Å²) < 4.78 is 12.0. The van der Waals surface area contributed by atoms with E-state index in [9.17, 15) is 20.1 Å². The van der Waals surface area contributed by atoms with Gasteiger partial charge in [-0.3, -0.25) is 9.69 Å². The third-order valence-corrected chi connectivity index (χ3v) is 6.00.